The summed E-state index contributed by atoms with van der Waals surface area (Å²) < 4.78 is 0. The van der Waals surface area contributed by atoms with Gasteiger partial charge in [0.15, 0.2) is 0 Å². The Morgan fingerprint density at radius 1 is 1.12 bits per heavy atom. The number of nitrogens with one attached hydrogen (secondary N) is 1. The summed E-state index contributed by atoms with van der Waals surface area (Å²) >= 11 is 0. The van der Waals surface area contributed by atoms with E-state index < -0.39 is 6.09 Å². The lowest BCUT2D eigenvalue weighted by molar-refractivity contribution is -0.120. The highest BCUT2D eigenvalue weighted by atomic mass is 16.4. The van der Waals surface area contributed by atoms with E-state index in [4.69, 9.17) is 16.0 Å². The van der Waals surface area contributed by atoms with Crippen LogP contribution >= 0.6 is 0 Å². The van der Waals surface area contributed by atoms with Crippen molar-refractivity contribution >= 4 is 18.3 Å². The van der Waals surface area contributed by atoms with Gasteiger partial charge in [-0.05, 0) is 65.7 Å². The Balaban J connectivity index is -0.000000289. The number of nitrogens with zero attached hydrogens (tertiary/aromatic N) is 1. The maximum Gasteiger partial charge on any atom is 0.407 e. The van der Waals surface area contributed by atoms with Gasteiger partial charge in [0, 0.05) is 29.0 Å². The lowest BCUT2D eigenvalue weighted by Crippen LogP contribution is -2.39. The molecule has 1 fully saturated rings. The van der Waals surface area contributed by atoms with Gasteiger partial charge in [-0.2, -0.15) is 0 Å². The molecule has 1 aromatic carbocycles. The molecule has 0 spiro atoms. The molecule has 0 aliphatic carbocycles. The molecular weight excluding hydrogens is 524 g/mol. The zero-order valence-corrected chi connectivity index (χ0v) is 26.7. The van der Waals surface area contributed by atoms with Crippen LogP contribution in [0.3, 0.4) is 0 Å². The van der Waals surface area contributed by atoms with Crippen LogP contribution in [-0.2, 0) is 29.1 Å². The van der Waals surface area contributed by atoms with Gasteiger partial charge < -0.3 is 31.3 Å². The molecule has 2 heterocycles. The van der Waals surface area contributed by atoms with Gasteiger partial charge in [0.05, 0.1) is 6.04 Å². The molecule has 2 atom stereocenters. The predicted octanol–water partition coefficient (Wildman–Crippen LogP) is 5.36. The Hall–Kier alpha value is -2.53. The van der Waals surface area contributed by atoms with Gasteiger partial charge in [-0.15, -0.1) is 0 Å². The van der Waals surface area contributed by atoms with Crippen molar-refractivity contribution in [1.29, 1.82) is 0 Å². The first-order valence-electron chi connectivity index (χ1n) is 14.6. The molecule has 0 bridgehead atoms. The molecule has 3 rings (SSSR count). The van der Waals surface area contributed by atoms with Crippen molar-refractivity contribution in [3.8, 4) is 0 Å². The second kappa shape index (κ2) is 21.2. The van der Waals surface area contributed by atoms with Gasteiger partial charge in [0.1, 0.15) is 6.29 Å². The first-order valence-corrected chi connectivity index (χ1v) is 14.6. The molecular formula is C31H62N4O6. The second-order valence-electron chi connectivity index (χ2n) is 12.3. The molecule has 1 aromatic rings. The fraction of sp³-hybridized carbons (Fsp3) is 0.710. The average Bonchev–Trinajstić information content (AvgIpc) is 3.56. The number of aliphatic hydroxyl groups is 1. The summed E-state index contributed by atoms with van der Waals surface area (Å²) in [6, 6.07) is 6.08. The highest BCUT2D eigenvalue weighted by Gasteiger charge is 2.27. The van der Waals surface area contributed by atoms with Crippen LogP contribution in [0.2, 0.25) is 0 Å². The summed E-state index contributed by atoms with van der Waals surface area (Å²) in [5.74, 6) is 3.70. The minimum Gasteiger partial charge on any atom is -0.465 e. The molecule has 2 amide bonds. The number of aliphatic hydroxyl groups excluding tert-OH is 1. The number of benzene rings is 1. The Kier molecular flexibility index (Phi) is 21.0. The third-order valence-corrected chi connectivity index (χ3v) is 6.86. The van der Waals surface area contributed by atoms with E-state index in [2.05, 4.69) is 31.1 Å². The molecule has 242 valence electrons. The highest BCUT2D eigenvalue weighted by molar-refractivity contribution is 5.80. The van der Waals surface area contributed by atoms with Crippen molar-refractivity contribution in [2.75, 3.05) is 13.2 Å². The smallest absolute Gasteiger partial charge is 0.407 e. The summed E-state index contributed by atoms with van der Waals surface area (Å²) in [5.41, 5.74) is 8.88. The van der Waals surface area contributed by atoms with Gasteiger partial charge in [-0.1, -0.05) is 80.0 Å². The average molecular weight is 587 g/mol. The lowest BCUT2D eigenvalue weighted by Gasteiger charge is -2.21. The van der Waals surface area contributed by atoms with E-state index in [1.165, 1.54) is 16.0 Å². The third-order valence-electron chi connectivity index (χ3n) is 6.86. The fourth-order valence-electron chi connectivity index (χ4n) is 4.32. The van der Waals surface area contributed by atoms with Crippen molar-refractivity contribution in [3.63, 3.8) is 0 Å². The monoisotopic (exact) mass is 586 g/mol. The first-order chi connectivity index (χ1) is 19.2. The largest absolute Gasteiger partial charge is 0.465 e. The number of carbonyl (C=O) groups is 3. The van der Waals surface area contributed by atoms with E-state index >= 15 is 0 Å². The number of primary amides is 1. The minimum atomic E-state index is -0.846. The van der Waals surface area contributed by atoms with Crippen LogP contribution in [0, 0.1) is 16.7 Å². The Morgan fingerprint density at radius 3 is 2.12 bits per heavy atom. The van der Waals surface area contributed by atoms with E-state index in [9.17, 15) is 19.5 Å². The summed E-state index contributed by atoms with van der Waals surface area (Å²) in [4.78, 5) is 32.9. The molecule has 41 heavy (non-hydrogen) atoms. The molecule has 0 saturated carbocycles. The second-order valence-corrected chi connectivity index (χ2v) is 12.3. The van der Waals surface area contributed by atoms with Crippen LogP contribution in [0.1, 0.15) is 107 Å². The number of aryl methyl sites for hydroxylation is 1. The van der Waals surface area contributed by atoms with Crippen LogP contribution in [0.15, 0.2) is 18.2 Å². The van der Waals surface area contributed by atoms with Crippen molar-refractivity contribution in [2.24, 2.45) is 28.4 Å². The van der Waals surface area contributed by atoms with Crippen LogP contribution in [-0.4, -0.2) is 57.8 Å². The van der Waals surface area contributed by atoms with Gasteiger partial charge in [-0.3, -0.25) is 9.69 Å². The van der Waals surface area contributed by atoms with Crippen molar-refractivity contribution in [1.82, 2.24) is 10.2 Å². The molecule has 10 heteroatoms. The standard InChI is InChI=1S/C17H25NO3.C6H12N2O.C6H12O.C2H6.H3NO.2H2/c1-17(2,12-19)9-4-3-6-13-7-5-8-14-10-18(16(20)21)11-15(13)14;1-4-2-3-8-5(4)6(7)9;1-6(2,3)4-5-7;2*1-2;;/h5,7-8,19H,3-4,6,9-12H2,1-2H3,(H,20,21);4-5,8H,2-3H2,1H3,(H2,7,9);5H,4H2,1-3H3;1-2H3;2H,1H2;2*1H/t;4-,5+;;;;;/m.1...../s1. The number of carbonyl (C=O) groups excluding carboxylic acids is 2. The number of unbranched alkanes of at least 4 members (excludes halogenated alkanes) is 1. The Bertz CT molecular complexity index is 898. The summed E-state index contributed by atoms with van der Waals surface area (Å²) in [7, 11) is 0. The van der Waals surface area contributed by atoms with Crippen LogP contribution in [0.25, 0.3) is 0 Å². The number of hydrogen-bond donors (Lipinski definition) is 6. The van der Waals surface area contributed by atoms with E-state index in [0.29, 0.717) is 25.4 Å². The molecule has 1 saturated heterocycles. The molecule has 2 aliphatic rings. The Morgan fingerprint density at radius 2 is 1.73 bits per heavy atom. The number of fused-ring (bicyclic) bond motifs is 1. The number of nitrogens with two attached hydrogens (primary N) is 2. The molecule has 8 N–H and O–H groups in total. The number of carboxylic acid groups (broad SMARTS) is 1. The molecule has 0 aromatic heterocycles. The zero-order chi connectivity index (χ0) is 32.2. The predicted molar refractivity (Wildman–Crippen MR) is 169 cm³/mol. The molecule has 0 unspecified atom stereocenters. The van der Waals surface area contributed by atoms with E-state index in [1.807, 2.05) is 53.7 Å². The third kappa shape index (κ3) is 17.1. The van der Waals surface area contributed by atoms with Crippen molar-refractivity contribution < 1.29 is 32.7 Å². The minimum absolute atomic E-state index is 0. The normalized spacial score (nSPS) is 17.2. The zero-order valence-electron chi connectivity index (χ0n) is 26.7. The summed E-state index contributed by atoms with van der Waals surface area (Å²) in [6.45, 7) is 18.5. The van der Waals surface area contributed by atoms with E-state index in [0.717, 1.165) is 50.5 Å². The molecule has 10 nitrogen and oxygen atoms in total. The van der Waals surface area contributed by atoms with Gasteiger partial charge in [0.25, 0.3) is 0 Å². The Labute approximate surface area is 250 Å². The lowest BCUT2D eigenvalue weighted by atomic mass is 9.87. The number of hydrogen-bond acceptors (Lipinski definition) is 7. The topological polar surface area (TPSA) is 179 Å². The SMILES string of the molecule is CC.CC(C)(C)CC=O.CC(C)(CO)CCCCc1cccc2c1CN(C(=O)O)C2.C[C@@H]1CCN[C@@H]1C(N)=O.NO.[HH].[HH]. The van der Waals surface area contributed by atoms with Crippen molar-refractivity contribution in [3.05, 3.63) is 34.9 Å². The summed E-state index contributed by atoms with van der Waals surface area (Å²) in [5, 5.41) is 27.9. The summed E-state index contributed by atoms with van der Waals surface area (Å²) in [6.07, 6.45) is 5.99. The maximum absolute atomic E-state index is 11.1. The van der Waals surface area contributed by atoms with Crippen molar-refractivity contribution in [2.45, 2.75) is 113 Å². The fourth-order valence-corrected chi connectivity index (χ4v) is 4.32. The number of amides is 2. The van der Waals surface area contributed by atoms with Gasteiger partial charge in [0.2, 0.25) is 5.91 Å². The van der Waals surface area contributed by atoms with E-state index in [1.54, 1.807) is 0 Å². The van der Waals surface area contributed by atoms with Crippen LogP contribution in [0.5, 0.6) is 0 Å². The van der Waals surface area contributed by atoms with Crippen LogP contribution < -0.4 is 16.9 Å². The van der Waals surface area contributed by atoms with Crippen LogP contribution in [0.4, 0.5) is 4.79 Å². The molecule has 0 radical (unpaired) electrons. The highest BCUT2D eigenvalue weighted by Crippen LogP contribution is 2.28. The number of aldehydes is 1. The van der Waals surface area contributed by atoms with E-state index in [-0.39, 0.29) is 32.2 Å². The first kappa shape index (κ1) is 40.6. The number of rotatable bonds is 8. The maximum atomic E-state index is 11.1. The quantitative estimate of drug-likeness (QED) is 0.134. The molecule has 2 aliphatic heterocycles. The van der Waals surface area contributed by atoms with Gasteiger partial charge >= 0.3 is 6.09 Å². The van der Waals surface area contributed by atoms with Gasteiger partial charge in [-0.25, -0.2) is 10.7 Å².